The summed E-state index contributed by atoms with van der Waals surface area (Å²) in [7, 11) is 3.18. The number of ether oxygens (including phenoxy) is 2. The molecule has 2 aromatic carbocycles. The van der Waals surface area contributed by atoms with Crippen molar-refractivity contribution in [3.05, 3.63) is 48.0 Å². The highest BCUT2D eigenvalue weighted by Gasteiger charge is 2.19. The van der Waals surface area contributed by atoms with Crippen LogP contribution in [-0.4, -0.2) is 31.7 Å². The van der Waals surface area contributed by atoms with Crippen LogP contribution >= 0.6 is 11.3 Å². The Morgan fingerprint density at radius 2 is 1.88 bits per heavy atom. The Kier molecular flexibility index (Phi) is 5.19. The molecule has 1 heterocycles. The summed E-state index contributed by atoms with van der Waals surface area (Å²) in [5.74, 6) is 1.28. The molecule has 3 aromatic rings. The molecule has 130 valence electrons. The van der Waals surface area contributed by atoms with E-state index in [-0.39, 0.29) is 12.3 Å². The van der Waals surface area contributed by atoms with E-state index >= 15 is 0 Å². The molecule has 0 N–H and O–H groups in total. The molecule has 0 bridgehead atoms. The first-order valence-electron chi connectivity index (χ1n) is 8.03. The van der Waals surface area contributed by atoms with Crippen molar-refractivity contribution in [2.45, 2.75) is 13.3 Å². The van der Waals surface area contributed by atoms with E-state index in [1.807, 2.05) is 49.4 Å². The molecular weight excluding hydrogens is 336 g/mol. The minimum absolute atomic E-state index is 0.00813. The number of amides is 1. The van der Waals surface area contributed by atoms with Gasteiger partial charge in [0.2, 0.25) is 5.91 Å². The van der Waals surface area contributed by atoms with E-state index in [4.69, 9.17) is 9.47 Å². The number of likely N-dealkylation sites (N-methyl/N-ethyl adjacent to an activating group) is 1. The van der Waals surface area contributed by atoms with Crippen molar-refractivity contribution < 1.29 is 14.3 Å². The molecule has 0 aliphatic heterocycles. The summed E-state index contributed by atoms with van der Waals surface area (Å²) < 4.78 is 11.6. The zero-order valence-corrected chi connectivity index (χ0v) is 15.3. The van der Waals surface area contributed by atoms with Crippen LogP contribution in [0.1, 0.15) is 12.5 Å². The Labute approximate surface area is 150 Å². The number of fused-ring (bicyclic) bond motifs is 1. The molecule has 1 aromatic heterocycles. The third-order valence-electron chi connectivity index (χ3n) is 3.93. The fourth-order valence-electron chi connectivity index (χ4n) is 2.65. The van der Waals surface area contributed by atoms with Gasteiger partial charge in [0.1, 0.15) is 0 Å². The van der Waals surface area contributed by atoms with E-state index in [1.54, 1.807) is 19.1 Å². The molecule has 0 fully saturated rings. The highest BCUT2D eigenvalue weighted by molar-refractivity contribution is 7.22. The van der Waals surface area contributed by atoms with Crippen LogP contribution in [0, 0.1) is 0 Å². The Bertz CT molecular complexity index is 858. The zero-order valence-electron chi connectivity index (χ0n) is 14.5. The normalized spacial score (nSPS) is 10.7. The second-order valence-corrected chi connectivity index (χ2v) is 6.48. The van der Waals surface area contributed by atoms with Crippen molar-refractivity contribution in [1.29, 1.82) is 0 Å². The largest absolute Gasteiger partial charge is 0.493 e. The van der Waals surface area contributed by atoms with Crippen LogP contribution in [0.15, 0.2) is 42.5 Å². The number of thiazole rings is 1. The van der Waals surface area contributed by atoms with Crippen molar-refractivity contribution in [1.82, 2.24) is 4.98 Å². The SMILES string of the molecule is CCN(C(=O)Cc1ccc(OC)c(OC)c1)c1nc2ccccc2s1. The molecule has 0 radical (unpaired) electrons. The number of carbonyl (C=O) groups is 1. The van der Waals surface area contributed by atoms with Crippen molar-refractivity contribution in [3.8, 4) is 11.5 Å². The van der Waals surface area contributed by atoms with Gasteiger partial charge in [0.05, 0.1) is 30.9 Å². The topological polar surface area (TPSA) is 51.7 Å². The molecule has 0 spiro atoms. The lowest BCUT2D eigenvalue weighted by molar-refractivity contribution is -0.117. The average molecular weight is 356 g/mol. The van der Waals surface area contributed by atoms with Crippen LogP contribution in [0.3, 0.4) is 0 Å². The van der Waals surface area contributed by atoms with Crippen LogP contribution < -0.4 is 14.4 Å². The van der Waals surface area contributed by atoms with Crippen LogP contribution in [-0.2, 0) is 11.2 Å². The van der Waals surface area contributed by atoms with Gasteiger partial charge in [-0.05, 0) is 36.8 Å². The number of methoxy groups -OCH3 is 2. The standard InChI is InChI=1S/C19H20N2O3S/c1-4-21(19-20-14-7-5-6-8-17(14)25-19)18(22)12-13-9-10-15(23-2)16(11-13)24-3/h5-11H,4,12H2,1-3H3. The highest BCUT2D eigenvalue weighted by Crippen LogP contribution is 2.30. The molecule has 0 aliphatic carbocycles. The molecule has 0 saturated carbocycles. The van der Waals surface area contributed by atoms with E-state index in [0.717, 1.165) is 20.9 Å². The number of rotatable bonds is 6. The summed E-state index contributed by atoms with van der Waals surface area (Å²) in [4.78, 5) is 19.1. The van der Waals surface area contributed by atoms with E-state index < -0.39 is 0 Å². The number of aromatic nitrogens is 1. The third kappa shape index (κ3) is 3.58. The molecule has 0 aliphatic rings. The number of hydrogen-bond donors (Lipinski definition) is 0. The first-order chi connectivity index (χ1) is 12.2. The van der Waals surface area contributed by atoms with Gasteiger partial charge in [-0.1, -0.05) is 29.5 Å². The maximum absolute atomic E-state index is 12.8. The molecule has 1 amide bonds. The Morgan fingerprint density at radius 3 is 2.56 bits per heavy atom. The van der Waals surface area contributed by atoms with Gasteiger partial charge >= 0.3 is 0 Å². The Balaban J connectivity index is 1.83. The summed E-state index contributed by atoms with van der Waals surface area (Å²) >= 11 is 1.53. The summed E-state index contributed by atoms with van der Waals surface area (Å²) in [6, 6.07) is 13.4. The average Bonchev–Trinajstić information content (AvgIpc) is 3.05. The first-order valence-corrected chi connectivity index (χ1v) is 8.84. The number of benzene rings is 2. The van der Waals surface area contributed by atoms with Gasteiger partial charge < -0.3 is 9.47 Å². The fraction of sp³-hybridized carbons (Fsp3) is 0.263. The number of para-hydroxylation sites is 1. The summed E-state index contributed by atoms with van der Waals surface area (Å²) in [5, 5.41) is 0.731. The van der Waals surface area contributed by atoms with Gasteiger partial charge in [-0.2, -0.15) is 0 Å². The molecule has 0 unspecified atom stereocenters. The van der Waals surface area contributed by atoms with Gasteiger partial charge in [-0.15, -0.1) is 0 Å². The van der Waals surface area contributed by atoms with Crippen molar-refractivity contribution in [2.24, 2.45) is 0 Å². The van der Waals surface area contributed by atoms with Gasteiger partial charge in [0.15, 0.2) is 16.6 Å². The minimum Gasteiger partial charge on any atom is -0.493 e. The van der Waals surface area contributed by atoms with E-state index in [1.165, 1.54) is 11.3 Å². The van der Waals surface area contributed by atoms with Gasteiger partial charge in [-0.3, -0.25) is 9.69 Å². The molecular formula is C19H20N2O3S. The molecule has 0 saturated heterocycles. The zero-order chi connectivity index (χ0) is 17.8. The molecule has 25 heavy (non-hydrogen) atoms. The maximum atomic E-state index is 12.8. The summed E-state index contributed by atoms with van der Waals surface area (Å²) in [5.41, 5.74) is 1.79. The minimum atomic E-state index is 0.00813. The molecule has 0 atom stereocenters. The molecule has 3 rings (SSSR count). The quantitative estimate of drug-likeness (QED) is 0.672. The monoisotopic (exact) mass is 356 g/mol. The lowest BCUT2D eigenvalue weighted by atomic mass is 10.1. The second-order valence-electron chi connectivity index (χ2n) is 5.47. The third-order valence-corrected chi connectivity index (χ3v) is 4.99. The first kappa shape index (κ1) is 17.2. The summed E-state index contributed by atoms with van der Waals surface area (Å²) in [6.07, 6.45) is 0.282. The molecule has 5 nitrogen and oxygen atoms in total. The second kappa shape index (κ2) is 7.53. The van der Waals surface area contributed by atoms with Gasteiger partial charge in [-0.25, -0.2) is 4.98 Å². The van der Waals surface area contributed by atoms with Crippen LogP contribution in [0.2, 0.25) is 0 Å². The maximum Gasteiger partial charge on any atom is 0.233 e. The van der Waals surface area contributed by atoms with Crippen LogP contribution in [0.5, 0.6) is 11.5 Å². The number of carbonyl (C=O) groups excluding carboxylic acids is 1. The van der Waals surface area contributed by atoms with Crippen molar-refractivity contribution in [2.75, 3.05) is 25.7 Å². The van der Waals surface area contributed by atoms with E-state index in [0.29, 0.717) is 18.0 Å². The number of anilines is 1. The fourth-order valence-corrected chi connectivity index (χ4v) is 3.70. The Morgan fingerprint density at radius 1 is 1.12 bits per heavy atom. The van der Waals surface area contributed by atoms with Crippen LogP contribution in [0.4, 0.5) is 5.13 Å². The predicted molar refractivity (Wildman–Crippen MR) is 101 cm³/mol. The van der Waals surface area contributed by atoms with Gasteiger partial charge in [0, 0.05) is 6.54 Å². The number of hydrogen-bond acceptors (Lipinski definition) is 5. The lowest BCUT2D eigenvalue weighted by Gasteiger charge is -2.18. The summed E-state index contributed by atoms with van der Waals surface area (Å²) in [6.45, 7) is 2.53. The number of nitrogens with zero attached hydrogens (tertiary/aromatic N) is 2. The highest BCUT2D eigenvalue weighted by atomic mass is 32.1. The molecule has 6 heteroatoms. The smallest absolute Gasteiger partial charge is 0.233 e. The van der Waals surface area contributed by atoms with Crippen molar-refractivity contribution in [3.63, 3.8) is 0 Å². The van der Waals surface area contributed by atoms with Crippen molar-refractivity contribution >= 4 is 32.6 Å². The van der Waals surface area contributed by atoms with Crippen LogP contribution in [0.25, 0.3) is 10.2 Å². The Hall–Kier alpha value is -2.60. The lowest BCUT2D eigenvalue weighted by Crippen LogP contribution is -2.31. The van der Waals surface area contributed by atoms with Gasteiger partial charge in [0.25, 0.3) is 0 Å². The predicted octanol–water partition coefficient (Wildman–Crippen LogP) is 3.91. The van der Waals surface area contributed by atoms with E-state index in [9.17, 15) is 4.79 Å². The van der Waals surface area contributed by atoms with E-state index in [2.05, 4.69) is 4.98 Å².